The van der Waals surface area contributed by atoms with Gasteiger partial charge in [-0.25, -0.2) is 8.78 Å². The number of benzene rings is 1. The first kappa shape index (κ1) is 13.1. The van der Waals surface area contributed by atoms with E-state index in [1.165, 1.54) is 5.56 Å². The molecule has 0 aliphatic rings. The number of hydrogen-bond acceptors (Lipinski definition) is 1. The summed E-state index contributed by atoms with van der Waals surface area (Å²) in [7, 11) is 0. The van der Waals surface area contributed by atoms with E-state index < -0.39 is 6.43 Å². The number of rotatable bonds is 6. The predicted molar refractivity (Wildman–Crippen MR) is 63.0 cm³/mol. The summed E-state index contributed by atoms with van der Waals surface area (Å²) in [6.45, 7) is 4.66. The number of nitrogens with one attached hydrogen (secondary N) is 1. The molecule has 1 rings (SSSR count). The molecule has 1 nitrogen and oxygen atoms in total. The fourth-order valence-corrected chi connectivity index (χ4v) is 1.65. The molecule has 0 spiro atoms. The molecule has 1 aromatic carbocycles. The van der Waals surface area contributed by atoms with Gasteiger partial charge in [0.25, 0.3) is 6.43 Å². The average molecular weight is 227 g/mol. The zero-order valence-corrected chi connectivity index (χ0v) is 9.84. The lowest BCUT2D eigenvalue weighted by Crippen LogP contribution is -2.28. The van der Waals surface area contributed by atoms with Crippen molar-refractivity contribution in [3.8, 4) is 0 Å². The van der Waals surface area contributed by atoms with Gasteiger partial charge in [0.05, 0.1) is 6.54 Å². The van der Waals surface area contributed by atoms with Gasteiger partial charge in [-0.3, -0.25) is 0 Å². The Balaban J connectivity index is 2.40. The Morgan fingerprint density at radius 2 is 1.81 bits per heavy atom. The first-order valence-corrected chi connectivity index (χ1v) is 5.57. The van der Waals surface area contributed by atoms with Gasteiger partial charge >= 0.3 is 0 Å². The molecular weight excluding hydrogens is 208 g/mol. The minimum absolute atomic E-state index is 0.0242. The highest BCUT2D eigenvalue weighted by atomic mass is 19.3. The van der Waals surface area contributed by atoms with Crippen LogP contribution in [0.4, 0.5) is 8.78 Å². The van der Waals surface area contributed by atoms with Crippen LogP contribution in [0.25, 0.3) is 0 Å². The lowest BCUT2D eigenvalue weighted by Gasteiger charge is -2.25. The van der Waals surface area contributed by atoms with E-state index in [1.54, 1.807) is 0 Å². The van der Waals surface area contributed by atoms with Gasteiger partial charge in [0, 0.05) is 0 Å². The highest BCUT2D eigenvalue weighted by molar-refractivity contribution is 5.23. The highest BCUT2D eigenvalue weighted by Gasteiger charge is 2.19. The second kappa shape index (κ2) is 5.94. The maximum Gasteiger partial charge on any atom is 0.250 e. The third kappa shape index (κ3) is 4.27. The number of halogens is 2. The molecule has 0 aliphatic heterocycles. The summed E-state index contributed by atoms with van der Waals surface area (Å²) in [5.41, 5.74) is 1.27. The number of hydrogen-bond donors (Lipinski definition) is 1. The van der Waals surface area contributed by atoms with Crippen LogP contribution in [0.15, 0.2) is 30.3 Å². The molecular formula is C13H19F2N. The molecule has 16 heavy (non-hydrogen) atoms. The molecule has 0 amide bonds. The predicted octanol–water partition coefficient (Wildman–Crippen LogP) is 3.21. The minimum Gasteiger partial charge on any atom is -0.311 e. The van der Waals surface area contributed by atoms with Crippen LogP contribution in [0.3, 0.4) is 0 Å². The summed E-state index contributed by atoms with van der Waals surface area (Å²) in [6, 6.07) is 10.1. The normalized spacial score (nSPS) is 12.1. The standard InChI is InChI=1S/C13H19F2N/c1-13(2,8-9-16-10-12(14)15)11-6-4-3-5-7-11/h3-7,12,16H,8-10H2,1-2H3. The SMILES string of the molecule is CC(C)(CCNCC(F)F)c1ccccc1. The van der Waals surface area contributed by atoms with Crippen LogP contribution in [-0.2, 0) is 5.41 Å². The molecule has 0 radical (unpaired) electrons. The Kier molecular flexibility index (Phi) is 4.87. The van der Waals surface area contributed by atoms with Crippen molar-refractivity contribution >= 4 is 0 Å². The Hall–Kier alpha value is -0.960. The van der Waals surface area contributed by atoms with E-state index in [-0.39, 0.29) is 12.0 Å². The van der Waals surface area contributed by atoms with Gasteiger partial charge < -0.3 is 5.32 Å². The quantitative estimate of drug-likeness (QED) is 0.736. The summed E-state index contributed by atoms with van der Waals surface area (Å²) in [5.74, 6) is 0. The maximum absolute atomic E-state index is 11.9. The van der Waals surface area contributed by atoms with Crippen molar-refractivity contribution < 1.29 is 8.78 Å². The Morgan fingerprint density at radius 3 is 2.38 bits per heavy atom. The van der Waals surface area contributed by atoms with Gasteiger partial charge in [-0.15, -0.1) is 0 Å². The molecule has 0 aliphatic carbocycles. The summed E-state index contributed by atoms with van der Waals surface area (Å²) in [4.78, 5) is 0. The van der Waals surface area contributed by atoms with Crippen LogP contribution in [0, 0.1) is 0 Å². The highest BCUT2D eigenvalue weighted by Crippen LogP contribution is 2.25. The Bertz CT molecular complexity index is 296. The van der Waals surface area contributed by atoms with Crippen LogP contribution in [0.5, 0.6) is 0 Å². The zero-order valence-electron chi connectivity index (χ0n) is 9.84. The van der Waals surface area contributed by atoms with Crippen LogP contribution in [0.1, 0.15) is 25.8 Å². The fraction of sp³-hybridized carbons (Fsp3) is 0.538. The molecule has 90 valence electrons. The third-order valence-electron chi connectivity index (χ3n) is 2.78. The van der Waals surface area contributed by atoms with E-state index in [0.29, 0.717) is 6.54 Å². The van der Waals surface area contributed by atoms with Crippen molar-refractivity contribution in [2.75, 3.05) is 13.1 Å². The summed E-state index contributed by atoms with van der Waals surface area (Å²) in [6.07, 6.45) is -1.41. The van der Waals surface area contributed by atoms with Crippen LogP contribution < -0.4 is 5.32 Å². The molecule has 0 saturated heterocycles. The summed E-state index contributed by atoms with van der Waals surface area (Å²) in [5, 5.41) is 2.76. The lowest BCUT2D eigenvalue weighted by atomic mass is 9.81. The minimum atomic E-state index is -2.26. The van der Waals surface area contributed by atoms with Gasteiger partial charge in [-0.05, 0) is 23.9 Å². The molecule has 1 N–H and O–H groups in total. The van der Waals surface area contributed by atoms with E-state index in [9.17, 15) is 8.78 Å². The van der Waals surface area contributed by atoms with Crippen molar-refractivity contribution in [3.05, 3.63) is 35.9 Å². The molecule has 0 heterocycles. The van der Waals surface area contributed by atoms with Crippen molar-refractivity contribution in [1.29, 1.82) is 0 Å². The van der Waals surface area contributed by atoms with E-state index in [1.807, 2.05) is 18.2 Å². The smallest absolute Gasteiger partial charge is 0.250 e. The zero-order chi connectivity index (χ0) is 12.0. The van der Waals surface area contributed by atoms with Crippen molar-refractivity contribution in [3.63, 3.8) is 0 Å². The van der Waals surface area contributed by atoms with E-state index in [0.717, 1.165) is 6.42 Å². The van der Waals surface area contributed by atoms with Crippen LogP contribution in [0.2, 0.25) is 0 Å². The van der Waals surface area contributed by atoms with Crippen molar-refractivity contribution in [2.45, 2.75) is 32.1 Å². The van der Waals surface area contributed by atoms with Gasteiger partial charge in [0.1, 0.15) is 0 Å². The first-order chi connectivity index (χ1) is 7.52. The van der Waals surface area contributed by atoms with E-state index in [2.05, 4.69) is 31.3 Å². The third-order valence-corrected chi connectivity index (χ3v) is 2.78. The van der Waals surface area contributed by atoms with Crippen molar-refractivity contribution in [2.24, 2.45) is 0 Å². The van der Waals surface area contributed by atoms with Gasteiger partial charge in [-0.1, -0.05) is 44.2 Å². The Morgan fingerprint density at radius 1 is 1.19 bits per heavy atom. The Labute approximate surface area is 95.9 Å². The summed E-state index contributed by atoms with van der Waals surface area (Å²) >= 11 is 0. The van der Waals surface area contributed by atoms with Gasteiger partial charge in [0.15, 0.2) is 0 Å². The molecule has 0 bridgehead atoms. The second-order valence-electron chi connectivity index (χ2n) is 4.60. The molecule has 0 atom stereocenters. The largest absolute Gasteiger partial charge is 0.311 e. The molecule has 0 saturated carbocycles. The molecule has 0 fully saturated rings. The van der Waals surface area contributed by atoms with Gasteiger partial charge in [0.2, 0.25) is 0 Å². The van der Waals surface area contributed by atoms with Gasteiger partial charge in [-0.2, -0.15) is 0 Å². The van der Waals surface area contributed by atoms with Crippen LogP contribution in [-0.4, -0.2) is 19.5 Å². The molecule has 3 heteroatoms. The maximum atomic E-state index is 11.9. The second-order valence-corrected chi connectivity index (χ2v) is 4.60. The molecule has 1 aromatic rings. The molecule has 0 aromatic heterocycles. The lowest BCUT2D eigenvalue weighted by molar-refractivity contribution is 0.145. The van der Waals surface area contributed by atoms with Crippen molar-refractivity contribution in [1.82, 2.24) is 5.32 Å². The van der Waals surface area contributed by atoms with E-state index in [4.69, 9.17) is 0 Å². The number of alkyl halides is 2. The monoisotopic (exact) mass is 227 g/mol. The molecule has 0 unspecified atom stereocenters. The van der Waals surface area contributed by atoms with Crippen LogP contribution >= 0.6 is 0 Å². The average Bonchev–Trinajstić information content (AvgIpc) is 2.26. The first-order valence-electron chi connectivity index (χ1n) is 5.57. The topological polar surface area (TPSA) is 12.0 Å². The fourth-order valence-electron chi connectivity index (χ4n) is 1.65. The van der Waals surface area contributed by atoms with E-state index >= 15 is 0 Å². The summed E-state index contributed by atoms with van der Waals surface area (Å²) < 4.78 is 23.8.